The summed E-state index contributed by atoms with van der Waals surface area (Å²) in [7, 11) is 0. The lowest BCUT2D eigenvalue weighted by Crippen LogP contribution is -2.41. The van der Waals surface area contributed by atoms with Crippen LogP contribution in [-0.4, -0.2) is 26.8 Å². The SMILES string of the molecule is O=C(O)C1CCCC(n2c3c(n(-c4ccc(Oc5ccccc5)cc4)c2=O)=CNCC=3)C1. The summed E-state index contributed by atoms with van der Waals surface area (Å²) in [5.74, 6) is 0.256. The Labute approximate surface area is 184 Å². The number of ether oxygens (including phenoxy) is 1. The fraction of sp³-hybridized carbons (Fsp3) is 0.280. The molecule has 2 atom stereocenters. The Morgan fingerprint density at radius 3 is 2.50 bits per heavy atom. The van der Waals surface area contributed by atoms with Gasteiger partial charge in [0.05, 0.1) is 22.3 Å². The van der Waals surface area contributed by atoms with Crippen LogP contribution in [0, 0.1) is 5.92 Å². The van der Waals surface area contributed by atoms with Crippen LogP contribution < -0.4 is 26.4 Å². The van der Waals surface area contributed by atoms with E-state index in [0.717, 1.165) is 35.0 Å². The average molecular weight is 431 g/mol. The Morgan fingerprint density at radius 1 is 1.00 bits per heavy atom. The van der Waals surface area contributed by atoms with Crippen molar-refractivity contribution in [2.24, 2.45) is 5.92 Å². The number of nitrogens with zero attached hydrogens (tertiary/aromatic N) is 2. The highest BCUT2D eigenvalue weighted by molar-refractivity contribution is 5.70. The molecule has 5 rings (SSSR count). The molecular weight excluding hydrogens is 406 g/mol. The molecule has 0 bridgehead atoms. The molecule has 7 nitrogen and oxygen atoms in total. The molecule has 2 aromatic carbocycles. The van der Waals surface area contributed by atoms with Crippen LogP contribution in [0.2, 0.25) is 0 Å². The van der Waals surface area contributed by atoms with E-state index in [1.807, 2.05) is 66.9 Å². The standard InChI is InChI=1S/C25H25N3O4/c29-24(30)17-5-4-6-19(15-17)28-22-13-14-26-16-23(22)27(25(28)31)18-9-11-21(12-10-18)32-20-7-2-1-3-8-20/h1-3,7-13,16-17,19,26H,4-6,14-15H2,(H,29,30). The molecule has 32 heavy (non-hydrogen) atoms. The second-order valence-electron chi connectivity index (χ2n) is 8.28. The highest BCUT2D eigenvalue weighted by Crippen LogP contribution is 2.31. The molecule has 0 spiro atoms. The van der Waals surface area contributed by atoms with Crippen molar-refractivity contribution < 1.29 is 14.6 Å². The van der Waals surface area contributed by atoms with Gasteiger partial charge in [0, 0.05) is 18.8 Å². The summed E-state index contributed by atoms with van der Waals surface area (Å²) in [6.45, 7) is 0.634. The normalized spacial score (nSPS) is 19.8. The van der Waals surface area contributed by atoms with Gasteiger partial charge in [0.15, 0.2) is 0 Å². The lowest BCUT2D eigenvalue weighted by molar-refractivity contribution is -0.143. The minimum Gasteiger partial charge on any atom is -0.481 e. The summed E-state index contributed by atoms with van der Waals surface area (Å²) in [6.07, 6.45) is 6.64. The van der Waals surface area contributed by atoms with Crippen LogP contribution in [-0.2, 0) is 4.79 Å². The molecule has 0 amide bonds. The molecule has 2 unspecified atom stereocenters. The van der Waals surface area contributed by atoms with Crippen molar-refractivity contribution in [3.8, 4) is 17.2 Å². The van der Waals surface area contributed by atoms with Crippen molar-refractivity contribution in [2.75, 3.05) is 6.54 Å². The minimum absolute atomic E-state index is 0.115. The van der Waals surface area contributed by atoms with Crippen LogP contribution >= 0.6 is 0 Å². The number of hydrogen-bond acceptors (Lipinski definition) is 4. The predicted molar refractivity (Wildman–Crippen MR) is 121 cm³/mol. The number of carboxylic acids is 1. The molecule has 1 aliphatic heterocycles. The number of imidazole rings is 1. The lowest BCUT2D eigenvalue weighted by Gasteiger charge is -2.27. The fourth-order valence-electron chi connectivity index (χ4n) is 4.72. The van der Waals surface area contributed by atoms with Gasteiger partial charge < -0.3 is 15.2 Å². The first-order valence-corrected chi connectivity index (χ1v) is 10.9. The largest absolute Gasteiger partial charge is 0.481 e. The number of carbonyl (C=O) groups is 1. The maximum absolute atomic E-state index is 13.6. The average Bonchev–Trinajstić information content (AvgIpc) is 3.12. The van der Waals surface area contributed by atoms with E-state index >= 15 is 0 Å². The van der Waals surface area contributed by atoms with Crippen molar-refractivity contribution >= 4 is 18.2 Å². The van der Waals surface area contributed by atoms with Gasteiger partial charge in [-0.2, -0.15) is 0 Å². The van der Waals surface area contributed by atoms with Gasteiger partial charge in [0.1, 0.15) is 11.5 Å². The molecule has 1 fully saturated rings. The molecule has 1 saturated carbocycles. The molecule has 3 aromatic rings. The Morgan fingerprint density at radius 2 is 1.75 bits per heavy atom. The van der Waals surface area contributed by atoms with Crippen molar-refractivity contribution in [3.05, 3.63) is 75.8 Å². The number of rotatable bonds is 5. The van der Waals surface area contributed by atoms with Crippen LogP contribution in [0.3, 0.4) is 0 Å². The highest BCUT2D eigenvalue weighted by atomic mass is 16.5. The van der Waals surface area contributed by atoms with Gasteiger partial charge in [-0.25, -0.2) is 4.79 Å². The molecular formula is C25H25N3O4. The Balaban J connectivity index is 1.53. The van der Waals surface area contributed by atoms with E-state index < -0.39 is 11.9 Å². The van der Waals surface area contributed by atoms with E-state index in [9.17, 15) is 14.7 Å². The van der Waals surface area contributed by atoms with Gasteiger partial charge in [-0.15, -0.1) is 0 Å². The topological polar surface area (TPSA) is 85.5 Å². The molecule has 2 N–H and O–H groups in total. The summed E-state index contributed by atoms with van der Waals surface area (Å²) in [4.78, 5) is 25.2. The number of benzene rings is 2. The van der Waals surface area contributed by atoms with Gasteiger partial charge in [-0.3, -0.25) is 13.9 Å². The van der Waals surface area contributed by atoms with Crippen LogP contribution in [0.4, 0.5) is 0 Å². The zero-order valence-electron chi connectivity index (χ0n) is 17.6. The van der Waals surface area contributed by atoms with Crippen molar-refractivity contribution in [1.82, 2.24) is 14.5 Å². The number of fused-ring (bicyclic) bond motifs is 1. The van der Waals surface area contributed by atoms with E-state index in [2.05, 4.69) is 5.32 Å². The van der Waals surface area contributed by atoms with Crippen LogP contribution in [0.15, 0.2) is 59.4 Å². The maximum atomic E-state index is 13.6. The van der Waals surface area contributed by atoms with Gasteiger partial charge in [0.25, 0.3) is 0 Å². The van der Waals surface area contributed by atoms with E-state index in [1.54, 1.807) is 9.13 Å². The molecule has 0 saturated heterocycles. The van der Waals surface area contributed by atoms with Gasteiger partial charge in [-0.05, 0) is 61.7 Å². The van der Waals surface area contributed by atoms with Gasteiger partial charge in [0.2, 0.25) is 0 Å². The number of nitrogens with one attached hydrogen (secondary N) is 1. The smallest absolute Gasteiger partial charge is 0.334 e. The summed E-state index contributed by atoms with van der Waals surface area (Å²) < 4.78 is 9.36. The van der Waals surface area contributed by atoms with Crippen molar-refractivity contribution in [1.29, 1.82) is 0 Å². The highest BCUT2D eigenvalue weighted by Gasteiger charge is 2.30. The maximum Gasteiger partial charge on any atom is 0.334 e. The first kappa shape index (κ1) is 20.2. The third-order valence-electron chi connectivity index (χ3n) is 6.25. The van der Waals surface area contributed by atoms with E-state index in [1.165, 1.54) is 0 Å². The molecule has 2 aliphatic rings. The van der Waals surface area contributed by atoms with Crippen LogP contribution in [0.5, 0.6) is 11.5 Å². The van der Waals surface area contributed by atoms with Crippen molar-refractivity contribution in [3.63, 3.8) is 0 Å². The second-order valence-corrected chi connectivity index (χ2v) is 8.28. The zero-order valence-corrected chi connectivity index (χ0v) is 17.6. The fourth-order valence-corrected chi connectivity index (χ4v) is 4.72. The molecule has 7 heteroatoms. The summed E-state index contributed by atoms with van der Waals surface area (Å²) >= 11 is 0. The quantitative estimate of drug-likeness (QED) is 0.648. The first-order valence-electron chi connectivity index (χ1n) is 10.9. The van der Waals surface area contributed by atoms with Crippen LogP contribution in [0.25, 0.3) is 18.0 Å². The summed E-state index contributed by atoms with van der Waals surface area (Å²) in [5.41, 5.74) is 0.600. The molecule has 1 aromatic heterocycles. The minimum atomic E-state index is -0.776. The molecule has 0 radical (unpaired) electrons. The summed E-state index contributed by atoms with van der Waals surface area (Å²) in [5, 5.41) is 14.3. The Kier molecular flexibility index (Phi) is 5.31. The number of carboxylic acid groups (broad SMARTS) is 1. The zero-order chi connectivity index (χ0) is 22.1. The second kappa shape index (κ2) is 8.42. The summed E-state index contributed by atoms with van der Waals surface area (Å²) in [6, 6.07) is 16.9. The Hall–Kier alpha value is -3.74. The van der Waals surface area contributed by atoms with E-state index in [-0.39, 0.29) is 11.7 Å². The van der Waals surface area contributed by atoms with Crippen LogP contribution in [0.1, 0.15) is 31.7 Å². The first-order chi connectivity index (χ1) is 15.6. The monoisotopic (exact) mass is 431 g/mol. The number of para-hydroxylation sites is 1. The third-order valence-corrected chi connectivity index (χ3v) is 6.25. The Bertz CT molecular complexity index is 1310. The van der Waals surface area contributed by atoms with Gasteiger partial charge in [-0.1, -0.05) is 24.6 Å². The number of aliphatic carboxylic acids is 1. The molecule has 164 valence electrons. The lowest BCUT2D eigenvalue weighted by atomic mass is 9.85. The molecule has 2 heterocycles. The predicted octanol–water partition coefficient (Wildman–Crippen LogP) is 2.37. The number of hydrogen-bond donors (Lipinski definition) is 2. The van der Waals surface area contributed by atoms with Gasteiger partial charge >= 0.3 is 11.7 Å². The third kappa shape index (κ3) is 3.70. The van der Waals surface area contributed by atoms with E-state index in [0.29, 0.717) is 25.1 Å². The number of aromatic nitrogens is 2. The van der Waals surface area contributed by atoms with E-state index in [4.69, 9.17) is 4.74 Å². The molecule has 1 aliphatic carbocycles. The van der Waals surface area contributed by atoms with Crippen molar-refractivity contribution in [2.45, 2.75) is 31.7 Å².